The van der Waals surface area contributed by atoms with E-state index in [1.54, 1.807) is 6.08 Å². The summed E-state index contributed by atoms with van der Waals surface area (Å²) in [6.45, 7) is 10.3. The topological polar surface area (TPSA) is 76.1 Å². The van der Waals surface area contributed by atoms with Gasteiger partial charge in [0, 0.05) is 12.5 Å². The molecule has 4 aliphatic rings. The highest BCUT2D eigenvalue weighted by Gasteiger charge is 2.71. The number of epoxide rings is 1. The molecule has 0 spiro atoms. The van der Waals surface area contributed by atoms with Crippen molar-refractivity contribution in [1.82, 2.24) is 0 Å². The van der Waals surface area contributed by atoms with Gasteiger partial charge in [-0.3, -0.25) is 4.79 Å². The molecule has 8 atom stereocenters. The van der Waals surface area contributed by atoms with E-state index >= 15 is 0 Å². The molecule has 1 saturated heterocycles. The van der Waals surface area contributed by atoms with Gasteiger partial charge in [0.25, 0.3) is 0 Å². The average molecular weight is 465 g/mol. The van der Waals surface area contributed by atoms with E-state index in [1.807, 2.05) is 44.2 Å². The number of hydrogen-bond donors (Lipinski definition) is 1. The maximum Gasteiger partial charge on any atom is 0.331 e. The zero-order valence-electron chi connectivity index (χ0n) is 20.8. The first-order chi connectivity index (χ1) is 16.0. The Bertz CT molecular complexity index is 1060. The summed E-state index contributed by atoms with van der Waals surface area (Å²) in [4.78, 5) is 27.2. The number of aliphatic hydroxyl groups is 1. The van der Waals surface area contributed by atoms with Crippen LogP contribution in [0.25, 0.3) is 6.08 Å². The Morgan fingerprint density at radius 1 is 1.21 bits per heavy atom. The SMILES string of the molecule is C/C1=C\[C@@H]2[C@H](CC[C@@]3(C)O[C@@H]3[C@H]3[C@@H](O)[C@@H](C)C[C@]3(OC(=O)/C=C/c3ccccc3)C1=O)C2(C)C. The van der Waals surface area contributed by atoms with Crippen molar-refractivity contribution in [3.8, 4) is 0 Å². The molecule has 0 radical (unpaired) electrons. The number of carbonyl (C=O) groups is 2. The lowest BCUT2D eigenvalue weighted by atomic mass is 9.77. The van der Waals surface area contributed by atoms with E-state index in [0.29, 0.717) is 23.8 Å². The third-order valence-electron chi connectivity index (χ3n) is 9.14. The fourth-order valence-corrected chi connectivity index (χ4v) is 6.83. The smallest absolute Gasteiger partial charge is 0.331 e. The quantitative estimate of drug-likeness (QED) is 0.397. The van der Waals surface area contributed by atoms with Crippen LogP contribution < -0.4 is 0 Å². The van der Waals surface area contributed by atoms with Crippen molar-refractivity contribution in [2.75, 3.05) is 0 Å². The van der Waals surface area contributed by atoms with E-state index in [4.69, 9.17) is 9.47 Å². The highest BCUT2D eigenvalue weighted by Crippen LogP contribution is 2.64. The number of hydrogen-bond acceptors (Lipinski definition) is 5. The summed E-state index contributed by atoms with van der Waals surface area (Å²) >= 11 is 0. The Morgan fingerprint density at radius 2 is 1.91 bits per heavy atom. The second kappa shape index (κ2) is 7.89. The van der Waals surface area contributed by atoms with E-state index in [2.05, 4.69) is 26.8 Å². The average Bonchev–Trinajstić information content (AvgIpc) is 3.57. The van der Waals surface area contributed by atoms with Crippen LogP contribution in [0.15, 0.2) is 48.1 Å². The van der Waals surface area contributed by atoms with E-state index in [-0.39, 0.29) is 23.2 Å². The first-order valence-electron chi connectivity index (χ1n) is 12.5. The fraction of sp³-hybridized carbons (Fsp3) is 0.586. The summed E-state index contributed by atoms with van der Waals surface area (Å²) in [6, 6.07) is 9.50. The molecule has 0 aromatic heterocycles. The zero-order chi connectivity index (χ0) is 24.5. The van der Waals surface area contributed by atoms with Gasteiger partial charge in [0.15, 0.2) is 5.60 Å². The minimum Gasteiger partial charge on any atom is -0.447 e. The number of allylic oxidation sites excluding steroid dienone is 1. The number of ether oxygens (including phenoxy) is 2. The predicted molar refractivity (Wildman–Crippen MR) is 130 cm³/mol. The summed E-state index contributed by atoms with van der Waals surface area (Å²) in [5.41, 5.74) is -0.200. The number of esters is 1. The Morgan fingerprint density at radius 3 is 2.62 bits per heavy atom. The van der Waals surface area contributed by atoms with Gasteiger partial charge in [-0.15, -0.1) is 0 Å². The van der Waals surface area contributed by atoms with Gasteiger partial charge in [-0.2, -0.15) is 0 Å². The molecule has 1 aliphatic heterocycles. The Hall–Kier alpha value is -2.24. The van der Waals surface area contributed by atoms with Crippen LogP contribution in [0, 0.1) is 29.1 Å². The second-order valence-corrected chi connectivity index (χ2v) is 11.8. The minimum absolute atomic E-state index is 0.144. The van der Waals surface area contributed by atoms with E-state index in [9.17, 15) is 14.7 Å². The number of rotatable bonds is 3. The Labute approximate surface area is 202 Å². The normalized spacial score (nSPS) is 44.2. The Balaban J connectivity index is 1.53. The maximum absolute atomic E-state index is 14.1. The number of Topliss-reactive ketones (excluding diaryl/α,β-unsaturated/α-hetero) is 1. The first kappa shape index (κ1) is 23.5. The molecule has 3 fully saturated rings. The third kappa shape index (κ3) is 3.68. The summed E-state index contributed by atoms with van der Waals surface area (Å²) in [5.74, 6) is -0.704. The van der Waals surface area contributed by atoms with Gasteiger partial charge in [0.2, 0.25) is 5.78 Å². The van der Waals surface area contributed by atoms with E-state index < -0.39 is 29.2 Å². The van der Waals surface area contributed by atoms with Crippen LogP contribution in [0.4, 0.5) is 0 Å². The molecule has 5 heteroatoms. The molecule has 0 amide bonds. The molecule has 1 aromatic rings. The molecular formula is C29H36O5. The molecule has 5 nitrogen and oxygen atoms in total. The number of carbonyl (C=O) groups excluding carboxylic acids is 2. The molecule has 3 aliphatic carbocycles. The summed E-state index contributed by atoms with van der Waals surface area (Å²) < 4.78 is 12.3. The summed E-state index contributed by atoms with van der Waals surface area (Å²) in [5, 5.41) is 11.2. The first-order valence-corrected chi connectivity index (χ1v) is 12.5. The van der Waals surface area contributed by atoms with Gasteiger partial charge in [-0.05, 0) is 67.1 Å². The lowest BCUT2D eigenvalue weighted by Gasteiger charge is -2.34. The van der Waals surface area contributed by atoms with Crippen LogP contribution in [-0.2, 0) is 19.1 Å². The predicted octanol–water partition coefficient (Wildman–Crippen LogP) is 4.74. The zero-order valence-corrected chi connectivity index (χ0v) is 20.8. The van der Waals surface area contributed by atoms with Crippen LogP contribution >= 0.6 is 0 Å². The fourth-order valence-electron chi connectivity index (χ4n) is 6.83. The van der Waals surface area contributed by atoms with Gasteiger partial charge >= 0.3 is 5.97 Å². The van der Waals surface area contributed by atoms with Gasteiger partial charge in [0.1, 0.15) is 0 Å². The molecule has 5 rings (SSSR count). The van der Waals surface area contributed by atoms with Gasteiger partial charge in [-0.25, -0.2) is 4.79 Å². The van der Waals surface area contributed by atoms with Crippen LogP contribution in [0.1, 0.15) is 59.4 Å². The van der Waals surface area contributed by atoms with Gasteiger partial charge in [-0.1, -0.05) is 57.2 Å². The molecule has 1 N–H and O–H groups in total. The maximum atomic E-state index is 14.1. The number of ketones is 1. The Kier molecular flexibility index (Phi) is 5.45. The molecule has 182 valence electrons. The van der Waals surface area contributed by atoms with Gasteiger partial charge < -0.3 is 14.6 Å². The molecule has 0 bridgehead atoms. The minimum atomic E-state index is -1.43. The highest BCUT2D eigenvalue weighted by atomic mass is 16.6. The molecule has 2 saturated carbocycles. The molecule has 1 aromatic carbocycles. The van der Waals surface area contributed by atoms with Crippen molar-refractivity contribution in [3.63, 3.8) is 0 Å². The standard InChI is InChI=1S/C29H36O5/c1-17-15-21-20(27(21,3)4)13-14-28(5)26(34-28)23-24(31)18(2)16-29(23,25(17)32)33-22(30)12-11-19-9-7-6-8-10-19/h6-12,15,18,20-21,23-24,26,31H,13-14,16H2,1-5H3/b12-11+,17-15+/t18-,20-,21+,23+,24-,26+,28+,29+/m0/s1. The molecule has 0 unspecified atom stereocenters. The van der Waals surface area contributed by atoms with Crippen LogP contribution in [0.3, 0.4) is 0 Å². The number of fused-ring (bicyclic) bond motifs is 4. The second-order valence-electron chi connectivity index (χ2n) is 11.8. The van der Waals surface area contributed by atoms with Gasteiger partial charge in [0.05, 0.1) is 23.7 Å². The van der Waals surface area contributed by atoms with E-state index in [0.717, 1.165) is 18.4 Å². The monoisotopic (exact) mass is 464 g/mol. The summed E-state index contributed by atoms with van der Waals surface area (Å²) in [6.07, 6.45) is 6.26. The molecular weight excluding hydrogens is 428 g/mol. The van der Waals surface area contributed by atoms with Crippen molar-refractivity contribution in [2.24, 2.45) is 29.1 Å². The van der Waals surface area contributed by atoms with Crippen LogP contribution in [0.5, 0.6) is 0 Å². The highest BCUT2D eigenvalue weighted by molar-refractivity contribution is 6.04. The lowest BCUT2D eigenvalue weighted by molar-refractivity contribution is -0.168. The lowest BCUT2D eigenvalue weighted by Crippen LogP contribution is -2.52. The largest absolute Gasteiger partial charge is 0.447 e. The molecule has 34 heavy (non-hydrogen) atoms. The van der Waals surface area contributed by atoms with Crippen molar-refractivity contribution >= 4 is 17.8 Å². The van der Waals surface area contributed by atoms with Crippen molar-refractivity contribution in [2.45, 2.75) is 77.3 Å². The van der Waals surface area contributed by atoms with Crippen molar-refractivity contribution in [1.29, 1.82) is 0 Å². The van der Waals surface area contributed by atoms with E-state index in [1.165, 1.54) is 6.08 Å². The van der Waals surface area contributed by atoms with Crippen LogP contribution in [-0.4, -0.2) is 40.3 Å². The molecule has 1 heterocycles. The van der Waals surface area contributed by atoms with Crippen LogP contribution in [0.2, 0.25) is 0 Å². The van der Waals surface area contributed by atoms with Crippen molar-refractivity contribution in [3.05, 3.63) is 53.6 Å². The van der Waals surface area contributed by atoms with Crippen molar-refractivity contribution < 1.29 is 24.2 Å². The number of aliphatic hydroxyl groups excluding tert-OH is 1. The number of benzene rings is 1. The summed E-state index contributed by atoms with van der Waals surface area (Å²) in [7, 11) is 0. The third-order valence-corrected chi connectivity index (χ3v) is 9.14.